The highest BCUT2D eigenvalue weighted by Crippen LogP contribution is 2.36. The molecule has 2 heteroatoms. The molecule has 0 radical (unpaired) electrons. The number of fused-ring (bicyclic) bond motifs is 5. The Hall–Kier alpha value is -2.58. The summed E-state index contributed by atoms with van der Waals surface area (Å²) in [6, 6.07) is 28.1. The van der Waals surface area contributed by atoms with Gasteiger partial charge in [-0.05, 0) is 35.4 Å². The number of benzene rings is 3. The third-order valence-corrected chi connectivity index (χ3v) is 5.29. The second kappa shape index (κ2) is 4.46. The molecule has 104 valence electrons. The topological polar surface area (TPSA) is 4.41 Å². The molecule has 2 heterocycles. The molecule has 0 aliphatic rings. The van der Waals surface area contributed by atoms with Gasteiger partial charge in [0.2, 0.25) is 0 Å². The van der Waals surface area contributed by atoms with Crippen molar-refractivity contribution in [3.63, 3.8) is 0 Å². The molecular weight excluding hydrogens is 286 g/mol. The Morgan fingerprint density at radius 2 is 1.45 bits per heavy atom. The molecule has 0 N–H and O–H groups in total. The van der Waals surface area contributed by atoms with Crippen molar-refractivity contribution in [3.05, 3.63) is 78.9 Å². The zero-order valence-corrected chi connectivity index (χ0v) is 12.7. The Morgan fingerprint density at radius 3 is 2.36 bits per heavy atom. The summed E-state index contributed by atoms with van der Waals surface area (Å²) >= 11 is 1.85. The first-order valence-corrected chi connectivity index (χ1v) is 8.20. The van der Waals surface area contributed by atoms with E-state index in [1.54, 1.807) is 0 Å². The summed E-state index contributed by atoms with van der Waals surface area (Å²) < 4.78 is 3.71. The number of hydrogen-bond donors (Lipinski definition) is 0. The first kappa shape index (κ1) is 12.0. The maximum absolute atomic E-state index is 2.38. The molecule has 0 bridgehead atoms. The Kier molecular flexibility index (Phi) is 2.43. The van der Waals surface area contributed by atoms with Gasteiger partial charge in [0.1, 0.15) is 4.83 Å². The molecule has 2 aromatic heterocycles. The van der Waals surface area contributed by atoms with Crippen LogP contribution >= 0.6 is 11.3 Å². The van der Waals surface area contributed by atoms with Crippen LogP contribution in [-0.4, -0.2) is 4.40 Å². The first-order valence-electron chi connectivity index (χ1n) is 7.39. The Bertz CT molecular complexity index is 1120. The molecule has 0 aliphatic carbocycles. The highest BCUT2D eigenvalue weighted by molar-refractivity contribution is 7.24. The second-order valence-electron chi connectivity index (χ2n) is 5.49. The van der Waals surface area contributed by atoms with Crippen LogP contribution in [0.1, 0.15) is 0 Å². The molecule has 5 rings (SSSR count). The lowest BCUT2D eigenvalue weighted by molar-refractivity contribution is 1.37. The molecule has 0 saturated heterocycles. The van der Waals surface area contributed by atoms with Crippen LogP contribution in [0.4, 0.5) is 0 Å². The molecule has 3 aromatic carbocycles. The van der Waals surface area contributed by atoms with Gasteiger partial charge in [-0.1, -0.05) is 54.6 Å². The number of para-hydroxylation sites is 1. The average molecular weight is 299 g/mol. The van der Waals surface area contributed by atoms with Gasteiger partial charge in [0.15, 0.2) is 0 Å². The molecule has 1 nitrogen and oxygen atoms in total. The zero-order valence-electron chi connectivity index (χ0n) is 11.9. The zero-order chi connectivity index (χ0) is 14.5. The standard InChI is InChI=1S/C20H13NS/c1-2-7-14(8-3-1)15-9-6-11-17-16(15)13-20-21(17)18-10-4-5-12-19(18)22-20/h1-13H. The predicted octanol–water partition coefficient (Wildman–Crippen LogP) is 5.97. The molecule has 0 amide bonds. The number of hydrogen-bond acceptors (Lipinski definition) is 1. The van der Waals surface area contributed by atoms with Gasteiger partial charge in [0, 0.05) is 5.39 Å². The van der Waals surface area contributed by atoms with Crippen LogP contribution in [0.3, 0.4) is 0 Å². The molecule has 22 heavy (non-hydrogen) atoms. The van der Waals surface area contributed by atoms with Crippen molar-refractivity contribution in [2.45, 2.75) is 0 Å². The van der Waals surface area contributed by atoms with Gasteiger partial charge in [-0.15, -0.1) is 11.3 Å². The molecule has 0 spiro atoms. The van der Waals surface area contributed by atoms with E-state index in [0.717, 1.165) is 0 Å². The SMILES string of the molecule is c1ccc(-c2cccc3c2cc2sc4ccccc4n23)cc1. The lowest BCUT2D eigenvalue weighted by Crippen LogP contribution is -1.82. The highest BCUT2D eigenvalue weighted by atomic mass is 32.1. The number of nitrogens with zero attached hydrogens (tertiary/aromatic N) is 1. The van der Waals surface area contributed by atoms with Crippen molar-refractivity contribution in [1.82, 2.24) is 4.40 Å². The molecule has 0 atom stereocenters. The van der Waals surface area contributed by atoms with E-state index in [0.29, 0.717) is 0 Å². The van der Waals surface area contributed by atoms with Gasteiger partial charge in [0.05, 0.1) is 15.7 Å². The molecule has 0 unspecified atom stereocenters. The average Bonchev–Trinajstić information content (AvgIpc) is 3.11. The lowest BCUT2D eigenvalue weighted by atomic mass is 10.0. The fourth-order valence-electron chi connectivity index (χ4n) is 3.24. The fraction of sp³-hybridized carbons (Fsp3) is 0. The van der Waals surface area contributed by atoms with E-state index in [2.05, 4.69) is 83.3 Å². The van der Waals surface area contributed by atoms with Gasteiger partial charge >= 0.3 is 0 Å². The number of aromatic nitrogens is 1. The molecule has 5 aromatic rings. The maximum Gasteiger partial charge on any atom is 0.101 e. The fourth-order valence-corrected chi connectivity index (χ4v) is 4.34. The summed E-state index contributed by atoms with van der Waals surface area (Å²) in [5, 5.41) is 1.32. The van der Waals surface area contributed by atoms with Crippen LogP contribution in [0.5, 0.6) is 0 Å². The van der Waals surface area contributed by atoms with Crippen LogP contribution in [0.2, 0.25) is 0 Å². The summed E-state index contributed by atoms with van der Waals surface area (Å²) in [6.45, 7) is 0. The van der Waals surface area contributed by atoms with E-state index < -0.39 is 0 Å². The molecule has 0 fully saturated rings. The molecular formula is C20H13NS. The van der Waals surface area contributed by atoms with E-state index >= 15 is 0 Å². The maximum atomic E-state index is 2.38. The summed E-state index contributed by atoms with van der Waals surface area (Å²) in [6.07, 6.45) is 0. The number of rotatable bonds is 1. The highest BCUT2D eigenvalue weighted by Gasteiger charge is 2.12. The minimum absolute atomic E-state index is 1.27. The number of thiazole rings is 1. The van der Waals surface area contributed by atoms with Crippen molar-refractivity contribution in [2.24, 2.45) is 0 Å². The van der Waals surface area contributed by atoms with E-state index in [1.807, 2.05) is 11.3 Å². The van der Waals surface area contributed by atoms with E-state index in [4.69, 9.17) is 0 Å². The van der Waals surface area contributed by atoms with E-state index in [-0.39, 0.29) is 0 Å². The van der Waals surface area contributed by atoms with Crippen molar-refractivity contribution < 1.29 is 0 Å². The third-order valence-electron chi connectivity index (χ3n) is 4.22. The summed E-state index contributed by atoms with van der Waals surface area (Å²) in [7, 11) is 0. The van der Waals surface area contributed by atoms with Gasteiger partial charge in [-0.3, -0.25) is 4.40 Å². The summed E-state index contributed by atoms with van der Waals surface area (Å²) in [4.78, 5) is 1.31. The monoisotopic (exact) mass is 299 g/mol. The first-order chi connectivity index (χ1) is 10.9. The van der Waals surface area contributed by atoms with Crippen molar-refractivity contribution in [1.29, 1.82) is 0 Å². The van der Waals surface area contributed by atoms with E-state index in [1.165, 1.54) is 37.1 Å². The second-order valence-corrected chi connectivity index (χ2v) is 6.55. The third kappa shape index (κ3) is 1.59. The van der Waals surface area contributed by atoms with Crippen LogP contribution in [0.15, 0.2) is 78.9 Å². The summed E-state index contributed by atoms with van der Waals surface area (Å²) in [5.41, 5.74) is 5.16. The minimum Gasteiger partial charge on any atom is -0.300 e. The van der Waals surface area contributed by atoms with Crippen LogP contribution < -0.4 is 0 Å². The van der Waals surface area contributed by atoms with Crippen molar-refractivity contribution >= 4 is 37.3 Å². The van der Waals surface area contributed by atoms with Crippen molar-refractivity contribution in [2.75, 3.05) is 0 Å². The lowest BCUT2D eigenvalue weighted by Gasteiger charge is -2.04. The smallest absolute Gasteiger partial charge is 0.101 e. The van der Waals surface area contributed by atoms with Crippen molar-refractivity contribution in [3.8, 4) is 11.1 Å². The summed E-state index contributed by atoms with van der Waals surface area (Å²) in [5.74, 6) is 0. The Morgan fingerprint density at radius 1 is 0.682 bits per heavy atom. The van der Waals surface area contributed by atoms with Gasteiger partial charge in [0.25, 0.3) is 0 Å². The minimum atomic E-state index is 1.27. The quantitative estimate of drug-likeness (QED) is 0.359. The predicted molar refractivity (Wildman–Crippen MR) is 95.7 cm³/mol. The van der Waals surface area contributed by atoms with Gasteiger partial charge in [-0.25, -0.2) is 0 Å². The van der Waals surface area contributed by atoms with Gasteiger partial charge in [-0.2, -0.15) is 0 Å². The largest absolute Gasteiger partial charge is 0.300 e. The van der Waals surface area contributed by atoms with Gasteiger partial charge < -0.3 is 0 Å². The Balaban J connectivity index is 1.94. The van der Waals surface area contributed by atoms with Crippen LogP contribution in [0.25, 0.3) is 37.1 Å². The molecule has 0 saturated carbocycles. The normalized spacial score (nSPS) is 11.6. The van der Waals surface area contributed by atoms with E-state index in [9.17, 15) is 0 Å². The Labute approximate surface area is 132 Å². The van der Waals surface area contributed by atoms with Crippen LogP contribution in [0, 0.1) is 0 Å². The molecule has 0 aliphatic heterocycles. The van der Waals surface area contributed by atoms with Crippen LogP contribution in [-0.2, 0) is 0 Å².